The van der Waals surface area contributed by atoms with Crippen LogP contribution in [0.25, 0.3) is 0 Å². The summed E-state index contributed by atoms with van der Waals surface area (Å²) in [4.78, 5) is 4.50. The van der Waals surface area contributed by atoms with Crippen LogP contribution in [0.4, 0.5) is 5.69 Å². The van der Waals surface area contributed by atoms with Gasteiger partial charge in [0.15, 0.2) is 0 Å². The van der Waals surface area contributed by atoms with Crippen molar-refractivity contribution in [2.45, 2.75) is 12.3 Å². The van der Waals surface area contributed by atoms with Crippen molar-refractivity contribution in [1.82, 2.24) is 0 Å². The molecule has 1 aromatic rings. The van der Waals surface area contributed by atoms with Crippen molar-refractivity contribution < 1.29 is 4.74 Å². The minimum absolute atomic E-state index is 0.680. The third-order valence-electron chi connectivity index (χ3n) is 3.10. The fourth-order valence-corrected chi connectivity index (χ4v) is 2.16. The molecule has 1 fully saturated rings. The summed E-state index contributed by atoms with van der Waals surface area (Å²) in [5.41, 5.74) is 2.42. The average molecular weight is 199 g/mol. The number of ether oxygens (including phenoxy) is 1. The molecule has 0 bridgehead atoms. The van der Waals surface area contributed by atoms with Crippen molar-refractivity contribution >= 4 is 11.6 Å². The third kappa shape index (κ3) is 1.46. The van der Waals surface area contributed by atoms with Crippen LogP contribution >= 0.6 is 0 Å². The highest BCUT2D eigenvalue weighted by atomic mass is 16.5. The van der Waals surface area contributed by atoms with E-state index in [0.717, 1.165) is 5.69 Å². The van der Waals surface area contributed by atoms with Crippen molar-refractivity contribution in [3.05, 3.63) is 42.0 Å². The minimum Gasteiger partial charge on any atom is -0.481 e. The van der Waals surface area contributed by atoms with Gasteiger partial charge in [0, 0.05) is 0 Å². The molecule has 2 nitrogen and oxygen atoms in total. The summed E-state index contributed by atoms with van der Waals surface area (Å²) in [6, 6.07) is 8.35. The number of nitrogens with zero attached hydrogens (tertiary/aromatic N) is 1. The van der Waals surface area contributed by atoms with Gasteiger partial charge in [-0.2, -0.15) is 0 Å². The van der Waals surface area contributed by atoms with Gasteiger partial charge in [-0.25, -0.2) is 4.99 Å². The van der Waals surface area contributed by atoms with E-state index in [4.69, 9.17) is 4.74 Å². The van der Waals surface area contributed by atoms with Crippen molar-refractivity contribution in [3.8, 4) is 0 Å². The van der Waals surface area contributed by atoms with Gasteiger partial charge in [0.2, 0.25) is 5.90 Å². The van der Waals surface area contributed by atoms with Gasteiger partial charge < -0.3 is 4.74 Å². The maximum Gasteiger partial charge on any atom is 0.213 e. The van der Waals surface area contributed by atoms with Crippen LogP contribution in [0, 0.1) is 5.92 Å². The van der Waals surface area contributed by atoms with Gasteiger partial charge in [-0.3, -0.25) is 0 Å². The molecule has 1 aliphatic heterocycles. The summed E-state index contributed by atoms with van der Waals surface area (Å²) in [7, 11) is 1.66. The van der Waals surface area contributed by atoms with Crippen LogP contribution in [0.5, 0.6) is 0 Å². The van der Waals surface area contributed by atoms with E-state index in [1.165, 1.54) is 12.0 Å². The monoisotopic (exact) mass is 199 g/mol. The Balaban J connectivity index is 2.12. The molecule has 15 heavy (non-hydrogen) atoms. The topological polar surface area (TPSA) is 21.6 Å². The lowest BCUT2D eigenvalue weighted by Crippen LogP contribution is -1.98. The number of benzene rings is 1. The van der Waals surface area contributed by atoms with Crippen LogP contribution in [0.1, 0.15) is 17.9 Å². The maximum atomic E-state index is 5.21. The van der Waals surface area contributed by atoms with Crippen molar-refractivity contribution in [2.24, 2.45) is 10.9 Å². The van der Waals surface area contributed by atoms with E-state index in [9.17, 15) is 0 Å². The Labute approximate surface area is 89.3 Å². The Morgan fingerprint density at radius 2 is 2.20 bits per heavy atom. The molecule has 2 aliphatic rings. The number of para-hydroxylation sites is 1. The first-order chi connectivity index (χ1) is 7.38. The molecule has 0 radical (unpaired) electrons. The highest BCUT2D eigenvalue weighted by Gasteiger charge is 2.38. The largest absolute Gasteiger partial charge is 0.481 e. The normalized spacial score (nSPS) is 29.0. The second-order valence-electron chi connectivity index (χ2n) is 4.08. The Hall–Kier alpha value is -1.57. The van der Waals surface area contributed by atoms with Crippen LogP contribution in [-0.2, 0) is 4.74 Å². The molecule has 76 valence electrons. The lowest BCUT2D eigenvalue weighted by Gasteiger charge is -2.08. The molecule has 0 N–H and O–H groups in total. The SMILES string of the molecule is COC1=Nc2ccccc2C2CC2/C=C\1. The maximum absolute atomic E-state index is 5.21. The number of hydrogen-bond donors (Lipinski definition) is 0. The van der Waals surface area contributed by atoms with E-state index in [-0.39, 0.29) is 0 Å². The molecule has 3 rings (SSSR count). The zero-order chi connectivity index (χ0) is 10.3. The number of hydrogen-bond acceptors (Lipinski definition) is 2. The molecular weight excluding hydrogens is 186 g/mol. The zero-order valence-electron chi connectivity index (χ0n) is 8.68. The van der Waals surface area contributed by atoms with Gasteiger partial charge in [0.05, 0.1) is 12.8 Å². The number of allylic oxidation sites excluding steroid dienone is 1. The van der Waals surface area contributed by atoms with E-state index >= 15 is 0 Å². The van der Waals surface area contributed by atoms with Crippen LogP contribution < -0.4 is 0 Å². The molecule has 0 aromatic heterocycles. The summed E-state index contributed by atoms with van der Waals surface area (Å²) >= 11 is 0. The minimum atomic E-state index is 0.680. The highest BCUT2D eigenvalue weighted by molar-refractivity contribution is 5.90. The van der Waals surface area contributed by atoms with Gasteiger partial charge in [-0.05, 0) is 36.0 Å². The van der Waals surface area contributed by atoms with Crippen LogP contribution in [-0.4, -0.2) is 13.0 Å². The summed E-state index contributed by atoms with van der Waals surface area (Å²) < 4.78 is 5.21. The van der Waals surface area contributed by atoms with Gasteiger partial charge in [0.1, 0.15) is 0 Å². The predicted molar refractivity (Wildman–Crippen MR) is 60.5 cm³/mol. The molecule has 0 amide bonds. The zero-order valence-corrected chi connectivity index (χ0v) is 8.68. The van der Waals surface area contributed by atoms with Gasteiger partial charge >= 0.3 is 0 Å². The molecule has 1 aromatic carbocycles. The van der Waals surface area contributed by atoms with Crippen LogP contribution in [0.2, 0.25) is 0 Å². The van der Waals surface area contributed by atoms with Gasteiger partial charge in [0.25, 0.3) is 0 Å². The van der Waals surface area contributed by atoms with E-state index in [0.29, 0.717) is 17.7 Å². The summed E-state index contributed by atoms with van der Waals surface area (Å²) in [5.74, 6) is 2.07. The number of aliphatic imine (C=N–C) groups is 1. The molecular formula is C13H13NO. The Morgan fingerprint density at radius 1 is 1.33 bits per heavy atom. The molecule has 0 spiro atoms. The third-order valence-corrected chi connectivity index (χ3v) is 3.10. The molecule has 2 atom stereocenters. The Morgan fingerprint density at radius 3 is 3.07 bits per heavy atom. The van der Waals surface area contributed by atoms with E-state index in [1.54, 1.807) is 7.11 Å². The molecule has 0 saturated heterocycles. The Bertz CT molecular complexity index is 448. The first-order valence-electron chi connectivity index (χ1n) is 5.28. The number of fused-ring (bicyclic) bond motifs is 3. The summed E-state index contributed by atoms with van der Waals surface area (Å²) in [6.45, 7) is 0. The smallest absolute Gasteiger partial charge is 0.213 e. The van der Waals surface area contributed by atoms with Crippen molar-refractivity contribution in [1.29, 1.82) is 0 Å². The average Bonchev–Trinajstić information content (AvgIpc) is 3.00. The lowest BCUT2D eigenvalue weighted by atomic mass is 10.1. The quantitative estimate of drug-likeness (QED) is 0.629. The van der Waals surface area contributed by atoms with Crippen LogP contribution in [0.15, 0.2) is 41.4 Å². The van der Waals surface area contributed by atoms with Crippen LogP contribution in [0.3, 0.4) is 0 Å². The fraction of sp³-hybridized carbons (Fsp3) is 0.308. The first-order valence-corrected chi connectivity index (χ1v) is 5.28. The molecule has 2 heteroatoms. The first kappa shape index (κ1) is 8.72. The Kier molecular flexibility index (Phi) is 1.88. The molecule has 1 saturated carbocycles. The van der Waals surface area contributed by atoms with Gasteiger partial charge in [-0.1, -0.05) is 24.3 Å². The summed E-state index contributed by atoms with van der Waals surface area (Å²) in [6.07, 6.45) is 5.45. The molecule has 1 heterocycles. The highest BCUT2D eigenvalue weighted by Crippen LogP contribution is 2.51. The predicted octanol–water partition coefficient (Wildman–Crippen LogP) is 3.04. The van der Waals surface area contributed by atoms with E-state index in [2.05, 4.69) is 29.3 Å². The van der Waals surface area contributed by atoms with E-state index in [1.807, 2.05) is 12.1 Å². The lowest BCUT2D eigenvalue weighted by molar-refractivity contribution is 0.407. The fourth-order valence-electron chi connectivity index (χ4n) is 2.16. The molecule has 1 aliphatic carbocycles. The van der Waals surface area contributed by atoms with Crippen molar-refractivity contribution in [3.63, 3.8) is 0 Å². The second-order valence-corrected chi connectivity index (χ2v) is 4.08. The van der Waals surface area contributed by atoms with Gasteiger partial charge in [-0.15, -0.1) is 0 Å². The number of methoxy groups -OCH3 is 1. The van der Waals surface area contributed by atoms with Crippen molar-refractivity contribution in [2.75, 3.05) is 7.11 Å². The second kappa shape index (κ2) is 3.23. The number of rotatable bonds is 0. The summed E-state index contributed by atoms with van der Waals surface area (Å²) in [5, 5.41) is 0. The standard InChI is InChI=1S/C13H13NO/c1-15-13-7-6-9-8-11(9)10-4-2-3-5-12(10)14-13/h2-7,9,11H,8H2,1H3/b7-6-,14-13?. The van der Waals surface area contributed by atoms with E-state index < -0.39 is 0 Å². The molecule has 2 unspecified atom stereocenters.